The molecule has 19 heavy (non-hydrogen) atoms. The van der Waals surface area contributed by atoms with Crippen molar-refractivity contribution in [3.05, 3.63) is 21.6 Å². The monoisotopic (exact) mass is 286 g/mol. The standard InChI is InChI=1S/C12H19ClN4O2/c1-4-14-10(18)5-6-15-9-7-16-17(8(2)3)12(19)11(9)13/h7-8,15H,4-6H2,1-3H3,(H,14,18). The van der Waals surface area contributed by atoms with Crippen LogP contribution < -0.4 is 16.2 Å². The molecule has 0 spiro atoms. The van der Waals surface area contributed by atoms with Crippen molar-refractivity contribution in [3.8, 4) is 0 Å². The average Bonchev–Trinajstić information content (AvgIpc) is 2.34. The van der Waals surface area contributed by atoms with E-state index in [4.69, 9.17) is 11.6 Å². The van der Waals surface area contributed by atoms with Crippen molar-refractivity contribution in [3.63, 3.8) is 0 Å². The topological polar surface area (TPSA) is 76.0 Å². The average molecular weight is 287 g/mol. The van der Waals surface area contributed by atoms with Gasteiger partial charge in [-0.05, 0) is 20.8 Å². The number of carbonyl (C=O) groups is 1. The molecule has 0 aliphatic rings. The summed E-state index contributed by atoms with van der Waals surface area (Å²) in [5.41, 5.74) is 0.118. The van der Waals surface area contributed by atoms with Crippen LogP contribution in [0, 0.1) is 0 Å². The molecule has 106 valence electrons. The Balaban J connectivity index is 2.68. The van der Waals surface area contributed by atoms with Crippen LogP contribution in [-0.4, -0.2) is 28.8 Å². The van der Waals surface area contributed by atoms with Crippen LogP contribution in [0.3, 0.4) is 0 Å². The molecule has 1 heterocycles. The molecule has 1 rings (SSSR count). The summed E-state index contributed by atoms with van der Waals surface area (Å²) in [6, 6.07) is -0.0469. The summed E-state index contributed by atoms with van der Waals surface area (Å²) < 4.78 is 1.32. The smallest absolute Gasteiger partial charge is 0.287 e. The summed E-state index contributed by atoms with van der Waals surface area (Å²) in [6.45, 7) is 6.57. The minimum atomic E-state index is -0.334. The largest absolute Gasteiger partial charge is 0.382 e. The normalized spacial score (nSPS) is 10.6. The lowest BCUT2D eigenvalue weighted by molar-refractivity contribution is -0.120. The highest BCUT2D eigenvalue weighted by atomic mass is 35.5. The van der Waals surface area contributed by atoms with Gasteiger partial charge in [-0.1, -0.05) is 11.6 Å². The molecule has 7 heteroatoms. The highest BCUT2D eigenvalue weighted by Gasteiger charge is 2.11. The van der Waals surface area contributed by atoms with Crippen molar-refractivity contribution < 1.29 is 4.79 Å². The maximum atomic E-state index is 11.9. The van der Waals surface area contributed by atoms with Crippen LogP contribution in [0.5, 0.6) is 0 Å². The van der Waals surface area contributed by atoms with Crippen LogP contribution in [0.1, 0.15) is 33.2 Å². The third-order valence-electron chi connectivity index (χ3n) is 2.47. The van der Waals surface area contributed by atoms with E-state index < -0.39 is 0 Å². The van der Waals surface area contributed by atoms with E-state index in [0.29, 0.717) is 25.2 Å². The molecule has 1 aromatic rings. The Kier molecular flexibility index (Phi) is 5.82. The second-order valence-corrected chi connectivity index (χ2v) is 4.72. The van der Waals surface area contributed by atoms with Gasteiger partial charge in [0.25, 0.3) is 5.56 Å². The minimum Gasteiger partial charge on any atom is -0.382 e. The van der Waals surface area contributed by atoms with Crippen LogP contribution in [0.4, 0.5) is 5.69 Å². The molecule has 0 saturated carbocycles. The van der Waals surface area contributed by atoms with E-state index in [1.165, 1.54) is 10.9 Å². The Labute approximate surface area is 117 Å². The van der Waals surface area contributed by atoms with Crippen LogP contribution >= 0.6 is 11.6 Å². The molecule has 0 bridgehead atoms. The van der Waals surface area contributed by atoms with E-state index in [1.807, 2.05) is 20.8 Å². The molecule has 0 radical (unpaired) electrons. The molecule has 1 aromatic heterocycles. The van der Waals surface area contributed by atoms with Gasteiger partial charge >= 0.3 is 0 Å². The Morgan fingerprint density at radius 3 is 2.79 bits per heavy atom. The van der Waals surface area contributed by atoms with E-state index in [2.05, 4.69) is 15.7 Å². The van der Waals surface area contributed by atoms with Crippen LogP contribution in [0.15, 0.2) is 11.0 Å². The summed E-state index contributed by atoms with van der Waals surface area (Å²) in [7, 11) is 0. The predicted molar refractivity (Wildman–Crippen MR) is 75.7 cm³/mol. The van der Waals surface area contributed by atoms with Crippen molar-refractivity contribution in [2.45, 2.75) is 33.2 Å². The lowest BCUT2D eigenvalue weighted by Gasteiger charge is -2.12. The van der Waals surface area contributed by atoms with Crippen molar-refractivity contribution in [2.24, 2.45) is 0 Å². The molecule has 0 unspecified atom stereocenters. The third kappa shape index (κ3) is 4.24. The SMILES string of the molecule is CCNC(=O)CCNc1cnn(C(C)C)c(=O)c1Cl. The molecular weight excluding hydrogens is 268 g/mol. The van der Waals surface area contributed by atoms with E-state index in [-0.39, 0.29) is 22.5 Å². The number of halogens is 1. The van der Waals surface area contributed by atoms with Gasteiger partial charge in [-0.3, -0.25) is 9.59 Å². The van der Waals surface area contributed by atoms with E-state index in [0.717, 1.165) is 0 Å². The summed E-state index contributed by atoms with van der Waals surface area (Å²) in [4.78, 5) is 23.1. The Hall–Kier alpha value is -1.56. The first-order chi connectivity index (χ1) is 8.97. The number of nitrogens with zero attached hydrogens (tertiary/aromatic N) is 2. The lowest BCUT2D eigenvalue weighted by atomic mass is 10.3. The summed E-state index contributed by atoms with van der Waals surface area (Å²) in [5.74, 6) is -0.0467. The highest BCUT2D eigenvalue weighted by molar-refractivity contribution is 6.32. The molecule has 0 saturated heterocycles. The number of amides is 1. The fourth-order valence-electron chi connectivity index (χ4n) is 1.53. The Morgan fingerprint density at radius 2 is 2.21 bits per heavy atom. The highest BCUT2D eigenvalue weighted by Crippen LogP contribution is 2.16. The minimum absolute atomic E-state index is 0.0467. The van der Waals surface area contributed by atoms with Gasteiger partial charge in [-0.15, -0.1) is 0 Å². The van der Waals surface area contributed by atoms with Gasteiger partial charge in [-0.2, -0.15) is 5.10 Å². The summed E-state index contributed by atoms with van der Waals surface area (Å²) in [6.07, 6.45) is 1.82. The van der Waals surface area contributed by atoms with Crippen molar-refractivity contribution in [2.75, 3.05) is 18.4 Å². The fourth-order valence-corrected chi connectivity index (χ4v) is 1.73. The molecule has 6 nitrogen and oxygen atoms in total. The summed E-state index contributed by atoms with van der Waals surface area (Å²) in [5, 5.41) is 9.76. The number of aromatic nitrogens is 2. The van der Waals surface area contributed by atoms with E-state index >= 15 is 0 Å². The van der Waals surface area contributed by atoms with Gasteiger partial charge in [0.1, 0.15) is 5.02 Å². The van der Waals surface area contributed by atoms with Gasteiger partial charge < -0.3 is 10.6 Å². The Morgan fingerprint density at radius 1 is 1.53 bits per heavy atom. The molecule has 1 amide bonds. The van der Waals surface area contributed by atoms with Gasteiger partial charge in [-0.25, -0.2) is 4.68 Å². The molecule has 0 aromatic carbocycles. The maximum absolute atomic E-state index is 11.9. The van der Waals surface area contributed by atoms with Crippen molar-refractivity contribution in [1.82, 2.24) is 15.1 Å². The first-order valence-electron chi connectivity index (χ1n) is 6.25. The predicted octanol–water partition coefficient (Wildman–Crippen LogP) is 1.42. The second kappa shape index (κ2) is 7.13. The lowest BCUT2D eigenvalue weighted by Crippen LogP contribution is -2.27. The maximum Gasteiger partial charge on any atom is 0.287 e. The first-order valence-corrected chi connectivity index (χ1v) is 6.63. The molecule has 0 aliphatic carbocycles. The number of rotatable bonds is 6. The number of nitrogens with one attached hydrogen (secondary N) is 2. The molecule has 0 fully saturated rings. The van der Waals surface area contributed by atoms with E-state index in [1.54, 1.807) is 0 Å². The van der Waals surface area contributed by atoms with Gasteiger partial charge in [0.05, 0.1) is 17.9 Å². The molecule has 2 N–H and O–H groups in total. The number of anilines is 1. The summed E-state index contributed by atoms with van der Waals surface area (Å²) >= 11 is 5.98. The van der Waals surface area contributed by atoms with Crippen molar-refractivity contribution >= 4 is 23.2 Å². The number of carbonyl (C=O) groups excluding carboxylic acids is 1. The number of hydrogen-bond acceptors (Lipinski definition) is 4. The molecule has 0 aliphatic heterocycles. The fraction of sp³-hybridized carbons (Fsp3) is 0.583. The number of hydrogen-bond donors (Lipinski definition) is 2. The second-order valence-electron chi connectivity index (χ2n) is 4.35. The van der Waals surface area contributed by atoms with Gasteiger partial charge in [0, 0.05) is 19.5 Å². The zero-order valence-electron chi connectivity index (χ0n) is 11.4. The van der Waals surface area contributed by atoms with Gasteiger partial charge in [0.2, 0.25) is 5.91 Å². The molecular formula is C12H19ClN4O2. The van der Waals surface area contributed by atoms with Crippen LogP contribution in [0.2, 0.25) is 5.02 Å². The van der Waals surface area contributed by atoms with E-state index in [9.17, 15) is 9.59 Å². The third-order valence-corrected chi connectivity index (χ3v) is 2.84. The van der Waals surface area contributed by atoms with Crippen molar-refractivity contribution in [1.29, 1.82) is 0 Å². The zero-order valence-corrected chi connectivity index (χ0v) is 12.1. The molecule has 0 atom stereocenters. The van der Waals surface area contributed by atoms with Gasteiger partial charge in [0.15, 0.2) is 0 Å². The van der Waals surface area contributed by atoms with Crippen LogP contribution in [-0.2, 0) is 4.79 Å². The van der Waals surface area contributed by atoms with Crippen LogP contribution in [0.25, 0.3) is 0 Å². The first kappa shape index (κ1) is 15.5. The quantitative estimate of drug-likeness (QED) is 0.829. The Bertz CT molecular complexity index is 499. The zero-order chi connectivity index (χ0) is 14.4.